The lowest BCUT2D eigenvalue weighted by Gasteiger charge is -2.34. The van der Waals surface area contributed by atoms with Crippen LogP contribution in [0, 0.1) is 11.7 Å². The fourth-order valence-electron chi connectivity index (χ4n) is 2.87. The van der Waals surface area contributed by atoms with Gasteiger partial charge in [0.1, 0.15) is 5.82 Å². The van der Waals surface area contributed by atoms with Gasteiger partial charge in [0.05, 0.1) is 12.7 Å². The summed E-state index contributed by atoms with van der Waals surface area (Å²) in [6.45, 7) is 9.27. The third kappa shape index (κ3) is 8.06. The molecular weight excluding hydrogens is 514 g/mol. The average Bonchev–Trinajstić information content (AvgIpc) is 2.57. The zero-order chi connectivity index (χ0) is 18.2. The summed E-state index contributed by atoms with van der Waals surface area (Å²) in [5.41, 5.74) is 0.592. The highest BCUT2D eigenvalue weighted by molar-refractivity contribution is 14.0. The van der Waals surface area contributed by atoms with E-state index in [0.717, 1.165) is 30.7 Å². The molecule has 1 aliphatic rings. The highest BCUT2D eigenvalue weighted by Gasteiger charge is 2.21. The van der Waals surface area contributed by atoms with Crippen molar-refractivity contribution in [1.82, 2.24) is 15.5 Å². The maximum Gasteiger partial charge on any atom is 0.191 e. The number of aliphatic imine (C=N–C) groups is 1. The minimum absolute atomic E-state index is 0. The first-order valence-corrected chi connectivity index (χ1v) is 9.49. The van der Waals surface area contributed by atoms with Crippen molar-refractivity contribution in [3.63, 3.8) is 0 Å². The van der Waals surface area contributed by atoms with Crippen LogP contribution in [0.3, 0.4) is 0 Å². The van der Waals surface area contributed by atoms with Crippen LogP contribution in [0.15, 0.2) is 27.7 Å². The summed E-state index contributed by atoms with van der Waals surface area (Å²) in [4.78, 5) is 6.64. The van der Waals surface area contributed by atoms with Crippen LogP contribution in [0.2, 0.25) is 0 Å². The average molecular weight is 543 g/mol. The molecule has 1 atom stereocenters. The molecule has 8 heteroatoms. The van der Waals surface area contributed by atoms with Crippen LogP contribution in [0.4, 0.5) is 4.39 Å². The summed E-state index contributed by atoms with van der Waals surface area (Å²) < 4.78 is 20.5. The van der Waals surface area contributed by atoms with Crippen molar-refractivity contribution in [1.29, 1.82) is 0 Å². The molecule has 1 unspecified atom stereocenters. The first kappa shape index (κ1) is 23.6. The Morgan fingerprint density at radius 2 is 2.19 bits per heavy atom. The number of ether oxygens (including phenoxy) is 1. The lowest BCUT2D eigenvalue weighted by molar-refractivity contribution is -0.0284. The van der Waals surface area contributed by atoms with E-state index < -0.39 is 0 Å². The highest BCUT2D eigenvalue weighted by atomic mass is 127. The Morgan fingerprint density at radius 1 is 1.42 bits per heavy atom. The van der Waals surface area contributed by atoms with Crippen LogP contribution in [-0.4, -0.2) is 56.8 Å². The minimum atomic E-state index is -0.230. The van der Waals surface area contributed by atoms with Gasteiger partial charge in [-0.15, -0.1) is 24.0 Å². The molecule has 148 valence electrons. The van der Waals surface area contributed by atoms with Crippen LogP contribution in [0.5, 0.6) is 0 Å². The molecule has 0 spiro atoms. The second kappa shape index (κ2) is 12.1. The molecule has 0 bridgehead atoms. The zero-order valence-corrected chi connectivity index (χ0v) is 19.5. The summed E-state index contributed by atoms with van der Waals surface area (Å²) in [5, 5.41) is 6.42. The van der Waals surface area contributed by atoms with Crippen LogP contribution < -0.4 is 10.6 Å². The molecular formula is C18H29BrFIN4O. The fourth-order valence-corrected chi connectivity index (χ4v) is 3.28. The molecule has 1 aromatic rings. The largest absolute Gasteiger partial charge is 0.374 e. The fraction of sp³-hybridized carbons (Fsp3) is 0.611. The summed E-state index contributed by atoms with van der Waals surface area (Å²) in [7, 11) is 1.71. The van der Waals surface area contributed by atoms with Gasteiger partial charge in [-0.25, -0.2) is 4.39 Å². The Hall–Kier alpha value is -0.450. The maximum atomic E-state index is 13.8. The molecule has 0 amide bonds. The van der Waals surface area contributed by atoms with Gasteiger partial charge < -0.3 is 15.4 Å². The first-order valence-electron chi connectivity index (χ1n) is 8.70. The van der Waals surface area contributed by atoms with E-state index in [4.69, 9.17) is 4.74 Å². The number of rotatable bonds is 6. The molecule has 1 aliphatic heterocycles. The van der Waals surface area contributed by atoms with Crippen molar-refractivity contribution in [3.05, 3.63) is 34.1 Å². The maximum absolute atomic E-state index is 13.8. The van der Waals surface area contributed by atoms with Gasteiger partial charge in [0.2, 0.25) is 0 Å². The molecule has 2 N–H and O–H groups in total. The van der Waals surface area contributed by atoms with E-state index in [0.29, 0.717) is 30.5 Å². The summed E-state index contributed by atoms with van der Waals surface area (Å²) in [5.74, 6) is 1.07. The van der Waals surface area contributed by atoms with E-state index in [1.54, 1.807) is 19.2 Å². The normalized spacial score (nSPS) is 18.5. The standard InChI is InChI=1S/C18H28BrFN4O.HI/c1-13(2)11-24-6-7-25-16(12-24)10-23-18(21-3)22-9-14-8-15(19)4-5-17(14)20;/h4-5,8,13,16H,6-7,9-12H2,1-3H3,(H2,21,22,23);1H. The van der Waals surface area contributed by atoms with Crippen molar-refractivity contribution in [2.45, 2.75) is 26.5 Å². The van der Waals surface area contributed by atoms with Crippen molar-refractivity contribution < 1.29 is 9.13 Å². The zero-order valence-electron chi connectivity index (χ0n) is 15.6. The van der Waals surface area contributed by atoms with Crippen molar-refractivity contribution >= 4 is 45.9 Å². The number of benzene rings is 1. The Labute approximate surface area is 181 Å². The van der Waals surface area contributed by atoms with Crippen LogP contribution in [0.1, 0.15) is 19.4 Å². The topological polar surface area (TPSA) is 48.9 Å². The van der Waals surface area contributed by atoms with E-state index in [1.165, 1.54) is 6.07 Å². The van der Waals surface area contributed by atoms with E-state index in [1.807, 2.05) is 0 Å². The van der Waals surface area contributed by atoms with Crippen molar-refractivity contribution in [2.24, 2.45) is 10.9 Å². The minimum Gasteiger partial charge on any atom is -0.374 e. The molecule has 1 aromatic carbocycles. The van der Waals surface area contributed by atoms with Crippen LogP contribution >= 0.6 is 39.9 Å². The summed E-state index contributed by atoms with van der Waals surface area (Å²) in [6, 6.07) is 4.91. The Balaban J connectivity index is 0.00000338. The predicted octanol–water partition coefficient (Wildman–Crippen LogP) is 3.23. The smallest absolute Gasteiger partial charge is 0.191 e. The van der Waals surface area contributed by atoms with E-state index in [-0.39, 0.29) is 35.9 Å². The Kier molecular flexibility index (Phi) is 11.0. The number of nitrogens with zero attached hydrogens (tertiary/aromatic N) is 2. The van der Waals surface area contributed by atoms with Crippen molar-refractivity contribution in [3.8, 4) is 0 Å². The molecule has 1 heterocycles. The first-order chi connectivity index (χ1) is 12.0. The van der Waals surface area contributed by atoms with Gasteiger partial charge in [-0.3, -0.25) is 9.89 Å². The molecule has 2 rings (SSSR count). The number of morpholine rings is 1. The van der Waals surface area contributed by atoms with Gasteiger partial charge in [-0.2, -0.15) is 0 Å². The van der Waals surface area contributed by atoms with Gasteiger partial charge in [0, 0.05) is 49.8 Å². The lowest BCUT2D eigenvalue weighted by atomic mass is 10.2. The van der Waals surface area contributed by atoms with Gasteiger partial charge in [0.15, 0.2) is 5.96 Å². The molecule has 0 radical (unpaired) electrons. The molecule has 0 aliphatic carbocycles. The number of hydrogen-bond donors (Lipinski definition) is 2. The third-order valence-corrected chi connectivity index (χ3v) is 4.51. The van der Waals surface area contributed by atoms with Crippen LogP contribution in [-0.2, 0) is 11.3 Å². The Morgan fingerprint density at radius 3 is 2.88 bits per heavy atom. The molecule has 5 nitrogen and oxygen atoms in total. The predicted molar refractivity (Wildman–Crippen MR) is 119 cm³/mol. The molecule has 0 saturated carbocycles. The molecule has 0 aromatic heterocycles. The van der Waals surface area contributed by atoms with Gasteiger partial charge in [-0.1, -0.05) is 29.8 Å². The van der Waals surface area contributed by atoms with Crippen LogP contribution in [0.25, 0.3) is 0 Å². The molecule has 26 heavy (non-hydrogen) atoms. The number of halogens is 3. The van der Waals surface area contributed by atoms with Gasteiger partial charge >= 0.3 is 0 Å². The second-order valence-electron chi connectivity index (χ2n) is 6.69. The van der Waals surface area contributed by atoms with Crippen molar-refractivity contribution in [2.75, 3.05) is 39.8 Å². The third-order valence-electron chi connectivity index (χ3n) is 4.02. The summed E-state index contributed by atoms with van der Waals surface area (Å²) in [6.07, 6.45) is 0.133. The number of hydrogen-bond acceptors (Lipinski definition) is 3. The van der Waals surface area contributed by atoms with E-state index >= 15 is 0 Å². The monoisotopic (exact) mass is 542 g/mol. The van der Waals surface area contributed by atoms with Gasteiger partial charge in [0.25, 0.3) is 0 Å². The molecule has 1 saturated heterocycles. The summed E-state index contributed by atoms with van der Waals surface area (Å²) >= 11 is 3.36. The number of nitrogens with one attached hydrogen (secondary N) is 2. The number of guanidine groups is 1. The lowest BCUT2D eigenvalue weighted by Crippen LogP contribution is -2.50. The van der Waals surface area contributed by atoms with E-state index in [2.05, 4.69) is 50.3 Å². The van der Waals surface area contributed by atoms with E-state index in [9.17, 15) is 4.39 Å². The molecule has 1 fully saturated rings. The second-order valence-corrected chi connectivity index (χ2v) is 7.60. The quantitative estimate of drug-likeness (QED) is 0.329. The highest BCUT2D eigenvalue weighted by Crippen LogP contribution is 2.15. The SMILES string of the molecule is CN=C(NCc1cc(Br)ccc1F)NCC1CN(CC(C)C)CCO1.I. The Bertz CT molecular complexity index is 588. The van der Waals surface area contributed by atoms with Gasteiger partial charge in [-0.05, 0) is 24.1 Å².